The van der Waals surface area contributed by atoms with Gasteiger partial charge in [-0.25, -0.2) is 13.2 Å². The van der Waals surface area contributed by atoms with Crippen LogP contribution in [0.2, 0.25) is 5.02 Å². The van der Waals surface area contributed by atoms with Gasteiger partial charge in [-0.2, -0.15) is 0 Å². The zero-order valence-corrected chi connectivity index (χ0v) is 13.9. The summed E-state index contributed by atoms with van der Waals surface area (Å²) in [7, 11) is -1.17. The summed E-state index contributed by atoms with van der Waals surface area (Å²) in [6.07, 6.45) is 0. The highest BCUT2D eigenvalue weighted by Gasteiger charge is 2.25. The predicted molar refractivity (Wildman–Crippen MR) is 87.0 cm³/mol. The van der Waals surface area contributed by atoms with E-state index in [1.165, 1.54) is 26.3 Å². The molecule has 0 saturated heterocycles. The molecule has 122 valence electrons. The Balaban J connectivity index is 2.54. The second kappa shape index (κ2) is 6.47. The van der Waals surface area contributed by atoms with Crippen molar-refractivity contribution in [3.05, 3.63) is 53.1 Å². The lowest BCUT2D eigenvalue weighted by Crippen LogP contribution is -2.27. The maximum atomic E-state index is 12.7. The molecule has 0 heterocycles. The number of halogens is 1. The number of para-hydroxylation sites is 2. The Morgan fingerprint density at radius 3 is 2.48 bits per heavy atom. The lowest BCUT2D eigenvalue weighted by atomic mass is 10.2. The van der Waals surface area contributed by atoms with Gasteiger partial charge in [0.2, 0.25) is 0 Å². The summed E-state index contributed by atoms with van der Waals surface area (Å²) >= 11 is 5.78. The van der Waals surface area contributed by atoms with E-state index in [2.05, 4.69) is 0 Å². The minimum absolute atomic E-state index is 0.0311. The molecule has 2 aromatic carbocycles. The number of carbonyl (C=O) groups is 1. The van der Waals surface area contributed by atoms with Crippen LogP contribution in [0.15, 0.2) is 47.4 Å². The number of nitrogens with zero attached hydrogens (tertiary/aromatic N) is 1. The summed E-state index contributed by atoms with van der Waals surface area (Å²) in [4.78, 5) is 11.0. The minimum Gasteiger partial charge on any atom is -0.495 e. The van der Waals surface area contributed by atoms with E-state index in [-0.39, 0.29) is 15.5 Å². The van der Waals surface area contributed by atoms with Gasteiger partial charge in [-0.05, 0) is 30.3 Å². The zero-order valence-electron chi connectivity index (χ0n) is 12.4. The Morgan fingerprint density at radius 1 is 1.22 bits per heavy atom. The van der Waals surface area contributed by atoms with Crippen LogP contribution in [0, 0.1) is 0 Å². The van der Waals surface area contributed by atoms with Crippen molar-refractivity contribution < 1.29 is 23.1 Å². The van der Waals surface area contributed by atoms with Crippen molar-refractivity contribution in [2.24, 2.45) is 0 Å². The van der Waals surface area contributed by atoms with E-state index in [0.29, 0.717) is 11.4 Å². The monoisotopic (exact) mass is 355 g/mol. The van der Waals surface area contributed by atoms with Gasteiger partial charge in [0.1, 0.15) is 5.75 Å². The normalized spacial score (nSPS) is 11.1. The first-order valence-corrected chi connectivity index (χ1v) is 8.25. The number of hydrogen-bond acceptors (Lipinski definition) is 4. The van der Waals surface area contributed by atoms with E-state index in [1.807, 2.05) is 0 Å². The molecule has 23 heavy (non-hydrogen) atoms. The average molecular weight is 356 g/mol. The quantitative estimate of drug-likeness (QED) is 0.891. The number of sulfonamides is 1. The van der Waals surface area contributed by atoms with E-state index >= 15 is 0 Å². The molecule has 0 spiro atoms. The van der Waals surface area contributed by atoms with E-state index in [4.69, 9.17) is 21.4 Å². The van der Waals surface area contributed by atoms with Crippen LogP contribution in [0.5, 0.6) is 5.75 Å². The lowest BCUT2D eigenvalue weighted by molar-refractivity contribution is 0.0697. The molecule has 0 aliphatic rings. The predicted octanol–water partition coefficient (Wildman–Crippen LogP) is 2.87. The highest BCUT2D eigenvalue weighted by Crippen LogP contribution is 2.31. The van der Waals surface area contributed by atoms with Crippen molar-refractivity contribution in [2.75, 3.05) is 18.5 Å². The van der Waals surface area contributed by atoms with Crippen LogP contribution in [-0.2, 0) is 10.0 Å². The van der Waals surface area contributed by atoms with Gasteiger partial charge in [-0.1, -0.05) is 23.7 Å². The molecule has 0 bridgehead atoms. The molecule has 8 heteroatoms. The first-order valence-electron chi connectivity index (χ1n) is 6.44. The molecule has 0 amide bonds. The Morgan fingerprint density at radius 2 is 1.87 bits per heavy atom. The number of ether oxygens (including phenoxy) is 1. The van der Waals surface area contributed by atoms with Crippen molar-refractivity contribution in [3.63, 3.8) is 0 Å². The highest BCUT2D eigenvalue weighted by molar-refractivity contribution is 7.92. The first-order chi connectivity index (χ1) is 10.8. The fourth-order valence-corrected chi connectivity index (χ4v) is 3.44. The molecular formula is C15H14ClNO5S. The molecule has 0 aliphatic heterocycles. The third kappa shape index (κ3) is 3.25. The number of anilines is 1. The molecule has 1 N–H and O–H groups in total. The fraction of sp³-hybridized carbons (Fsp3) is 0.133. The van der Waals surface area contributed by atoms with Gasteiger partial charge < -0.3 is 9.84 Å². The summed E-state index contributed by atoms with van der Waals surface area (Å²) in [5.74, 6) is -0.919. The molecule has 2 aromatic rings. The Bertz CT molecular complexity index is 851. The summed E-state index contributed by atoms with van der Waals surface area (Å²) in [5, 5.41) is 9.05. The van der Waals surface area contributed by atoms with Gasteiger partial charge in [0.15, 0.2) is 0 Å². The van der Waals surface area contributed by atoms with Crippen LogP contribution < -0.4 is 9.04 Å². The number of carboxylic acid groups (broad SMARTS) is 1. The van der Waals surface area contributed by atoms with Crippen molar-refractivity contribution in [1.82, 2.24) is 0 Å². The third-order valence-electron chi connectivity index (χ3n) is 3.25. The molecule has 2 rings (SSSR count). The maximum absolute atomic E-state index is 12.7. The smallest absolute Gasteiger partial charge is 0.337 e. The number of hydrogen-bond donors (Lipinski definition) is 1. The van der Waals surface area contributed by atoms with Crippen molar-refractivity contribution >= 4 is 33.3 Å². The number of benzene rings is 2. The molecule has 6 nitrogen and oxygen atoms in total. The van der Waals surface area contributed by atoms with Crippen LogP contribution in [-0.4, -0.2) is 33.7 Å². The van der Waals surface area contributed by atoms with Gasteiger partial charge in [0, 0.05) is 7.05 Å². The highest BCUT2D eigenvalue weighted by atomic mass is 35.5. The summed E-state index contributed by atoms with van der Waals surface area (Å²) < 4.78 is 31.6. The molecule has 0 atom stereocenters. The topological polar surface area (TPSA) is 83.9 Å². The van der Waals surface area contributed by atoms with Gasteiger partial charge in [0.05, 0.1) is 28.3 Å². The average Bonchev–Trinajstić information content (AvgIpc) is 2.53. The lowest BCUT2D eigenvalue weighted by Gasteiger charge is -2.21. The van der Waals surface area contributed by atoms with Crippen LogP contribution in [0.4, 0.5) is 5.69 Å². The van der Waals surface area contributed by atoms with Crippen LogP contribution >= 0.6 is 11.6 Å². The van der Waals surface area contributed by atoms with Gasteiger partial charge in [0.25, 0.3) is 10.0 Å². The van der Waals surface area contributed by atoms with Crippen molar-refractivity contribution in [1.29, 1.82) is 0 Å². The molecule has 0 aromatic heterocycles. The molecule has 0 fully saturated rings. The van der Waals surface area contributed by atoms with E-state index in [0.717, 1.165) is 10.4 Å². The number of carboxylic acids is 1. The van der Waals surface area contributed by atoms with E-state index < -0.39 is 16.0 Å². The van der Waals surface area contributed by atoms with Gasteiger partial charge in [-0.15, -0.1) is 0 Å². The summed E-state index contributed by atoms with van der Waals surface area (Å²) in [6.45, 7) is 0. The Labute approximate surface area is 138 Å². The second-order valence-electron chi connectivity index (χ2n) is 4.59. The maximum Gasteiger partial charge on any atom is 0.337 e. The van der Waals surface area contributed by atoms with Crippen molar-refractivity contribution in [3.8, 4) is 5.75 Å². The van der Waals surface area contributed by atoms with Crippen LogP contribution in [0.1, 0.15) is 10.4 Å². The Kier molecular flexibility index (Phi) is 4.82. The molecule has 0 aliphatic carbocycles. The fourth-order valence-electron chi connectivity index (χ4n) is 2.01. The van der Waals surface area contributed by atoms with Crippen molar-refractivity contribution in [2.45, 2.75) is 4.90 Å². The van der Waals surface area contributed by atoms with Crippen LogP contribution in [0.3, 0.4) is 0 Å². The van der Waals surface area contributed by atoms with Gasteiger partial charge in [-0.3, -0.25) is 4.31 Å². The summed E-state index contributed by atoms with van der Waals surface area (Å²) in [6, 6.07) is 10.1. The third-order valence-corrected chi connectivity index (χ3v) is 5.35. The zero-order chi connectivity index (χ0) is 17.2. The number of rotatable bonds is 5. The van der Waals surface area contributed by atoms with Gasteiger partial charge >= 0.3 is 5.97 Å². The molecule has 0 radical (unpaired) electrons. The largest absolute Gasteiger partial charge is 0.495 e. The van der Waals surface area contributed by atoms with E-state index in [9.17, 15) is 13.2 Å². The molecule has 0 unspecified atom stereocenters. The standard InChI is InChI=1S/C15H14ClNO5S/c1-17(13-5-3-4-6-14(13)22-2)23(20,21)10-7-8-12(16)11(9-10)15(18)19/h3-9H,1-2H3,(H,18,19). The minimum atomic E-state index is -3.97. The van der Waals surface area contributed by atoms with E-state index in [1.54, 1.807) is 24.3 Å². The number of aromatic carboxylic acids is 1. The molecule has 0 saturated carbocycles. The SMILES string of the molecule is COc1ccccc1N(C)S(=O)(=O)c1ccc(Cl)c(C(=O)O)c1. The Hall–Kier alpha value is -2.25. The van der Waals surface area contributed by atoms with Crippen LogP contribution in [0.25, 0.3) is 0 Å². The first kappa shape index (κ1) is 17.1. The summed E-state index contributed by atoms with van der Waals surface area (Å²) in [5.41, 5.74) is 0.0583. The number of methoxy groups -OCH3 is 1. The molecular weight excluding hydrogens is 342 g/mol. The second-order valence-corrected chi connectivity index (χ2v) is 6.97.